The van der Waals surface area contributed by atoms with Gasteiger partial charge in [-0.3, -0.25) is 0 Å². The largest absolute Gasteiger partial charge is 0.385 e. The zero-order chi connectivity index (χ0) is 10.8. The van der Waals surface area contributed by atoms with Crippen LogP contribution in [0.15, 0.2) is 24.3 Å². The molecule has 0 aromatic heterocycles. The number of hydrogen-bond acceptors (Lipinski definition) is 1. The third kappa shape index (κ3) is 2.09. The van der Waals surface area contributed by atoms with Crippen LogP contribution < -0.4 is 5.32 Å². The maximum atomic E-state index is 3.51. The highest BCUT2D eigenvalue weighted by Gasteiger charge is 2.38. The molecular formula is C15H20N. The van der Waals surface area contributed by atoms with Gasteiger partial charge in [-0.15, -0.1) is 0 Å². The number of fused-ring (bicyclic) bond motifs is 2. The molecule has 1 radical (unpaired) electrons. The second kappa shape index (κ2) is 4.48. The zero-order valence-electron chi connectivity index (χ0n) is 9.78. The summed E-state index contributed by atoms with van der Waals surface area (Å²) in [4.78, 5) is 0. The fourth-order valence-corrected chi connectivity index (χ4v) is 3.64. The van der Waals surface area contributed by atoms with Crippen molar-refractivity contribution in [3.63, 3.8) is 0 Å². The molecule has 16 heavy (non-hydrogen) atoms. The molecule has 2 saturated carbocycles. The summed E-state index contributed by atoms with van der Waals surface area (Å²) in [7, 11) is 0. The first-order valence-electron chi connectivity index (χ1n) is 6.62. The number of anilines is 1. The summed E-state index contributed by atoms with van der Waals surface area (Å²) in [5, 5.41) is 3.51. The second-order valence-electron chi connectivity index (χ2n) is 5.44. The van der Waals surface area contributed by atoms with Gasteiger partial charge in [0, 0.05) is 12.2 Å². The van der Waals surface area contributed by atoms with Crippen LogP contribution in [-0.4, -0.2) is 6.54 Å². The Hall–Kier alpha value is -0.980. The smallest absolute Gasteiger partial charge is 0.0340 e. The van der Waals surface area contributed by atoms with Gasteiger partial charge in [0.15, 0.2) is 0 Å². The highest BCUT2D eigenvalue weighted by molar-refractivity contribution is 5.41. The Balaban J connectivity index is 1.44. The van der Waals surface area contributed by atoms with Crippen LogP contribution in [0.4, 0.5) is 5.69 Å². The van der Waals surface area contributed by atoms with E-state index >= 15 is 0 Å². The SMILES string of the molecule is [c]1ccc(NCCC2CC3CCC2C3)cc1. The van der Waals surface area contributed by atoms with Gasteiger partial charge in [0.25, 0.3) is 0 Å². The standard InChI is InChI=1S/C15H20N/c1-2-4-15(5-3-1)16-9-8-14-11-12-6-7-13(14)10-12/h2-5,12-14,16H,6-11H2. The molecule has 1 nitrogen and oxygen atoms in total. The monoisotopic (exact) mass is 214 g/mol. The van der Waals surface area contributed by atoms with E-state index in [-0.39, 0.29) is 0 Å². The zero-order valence-corrected chi connectivity index (χ0v) is 9.78. The van der Waals surface area contributed by atoms with Gasteiger partial charge in [0.05, 0.1) is 0 Å². The molecule has 3 atom stereocenters. The van der Waals surface area contributed by atoms with E-state index in [9.17, 15) is 0 Å². The molecule has 1 aromatic carbocycles. The van der Waals surface area contributed by atoms with Gasteiger partial charge < -0.3 is 5.32 Å². The maximum absolute atomic E-state index is 3.51. The van der Waals surface area contributed by atoms with Crippen LogP contribution in [0.25, 0.3) is 0 Å². The van der Waals surface area contributed by atoms with E-state index in [4.69, 9.17) is 0 Å². The van der Waals surface area contributed by atoms with E-state index < -0.39 is 0 Å². The summed E-state index contributed by atoms with van der Waals surface area (Å²) in [5.41, 5.74) is 1.24. The summed E-state index contributed by atoms with van der Waals surface area (Å²) in [6, 6.07) is 11.2. The van der Waals surface area contributed by atoms with Crippen LogP contribution in [-0.2, 0) is 0 Å². The Morgan fingerprint density at radius 2 is 2.06 bits per heavy atom. The second-order valence-corrected chi connectivity index (χ2v) is 5.44. The number of nitrogens with one attached hydrogen (secondary N) is 1. The van der Waals surface area contributed by atoms with Crippen LogP contribution in [0, 0.1) is 23.8 Å². The van der Waals surface area contributed by atoms with Crippen LogP contribution >= 0.6 is 0 Å². The van der Waals surface area contributed by atoms with Crippen molar-refractivity contribution in [3.8, 4) is 0 Å². The first-order chi connectivity index (χ1) is 7.92. The molecule has 85 valence electrons. The van der Waals surface area contributed by atoms with Crippen LogP contribution in [0.2, 0.25) is 0 Å². The van der Waals surface area contributed by atoms with Gasteiger partial charge in [-0.1, -0.05) is 18.6 Å². The third-order valence-corrected chi connectivity index (χ3v) is 4.45. The van der Waals surface area contributed by atoms with Crippen molar-refractivity contribution in [2.75, 3.05) is 11.9 Å². The lowest BCUT2D eigenvalue weighted by molar-refractivity contribution is 0.321. The summed E-state index contributed by atoms with van der Waals surface area (Å²) < 4.78 is 0. The van der Waals surface area contributed by atoms with Crippen molar-refractivity contribution in [1.82, 2.24) is 0 Å². The minimum absolute atomic E-state index is 1.02. The molecular weight excluding hydrogens is 194 g/mol. The molecule has 3 unspecified atom stereocenters. The molecule has 0 amide bonds. The van der Waals surface area contributed by atoms with Gasteiger partial charge in [-0.25, -0.2) is 0 Å². The minimum atomic E-state index is 1.02. The Morgan fingerprint density at radius 1 is 1.19 bits per heavy atom. The molecule has 0 aliphatic heterocycles. The van der Waals surface area contributed by atoms with Crippen LogP contribution in [0.3, 0.4) is 0 Å². The Bertz CT molecular complexity index is 333. The summed E-state index contributed by atoms with van der Waals surface area (Å²) in [6.07, 6.45) is 7.43. The Kier molecular flexibility index (Phi) is 2.86. The molecule has 1 heteroatoms. The lowest BCUT2D eigenvalue weighted by Crippen LogP contribution is -2.14. The van der Waals surface area contributed by atoms with Crippen LogP contribution in [0.1, 0.15) is 32.1 Å². The molecule has 2 aliphatic rings. The molecule has 2 aliphatic carbocycles. The van der Waals surface area contributed by atoms with E-state index in [1.165, 1.54) is 37.8 Å². The van der Waals surface area contributed by atoms with Gasteiger partial charge >= 0.3 is 0 Å². The highest BCUT2D eigenvalue weighted by Crippen LogP contribution is 2.49. The predicted molar refractivity (Wildman–Crippen MR) is 67.3 cm³/mol. The molecule has 0 heterocycles. The van der Waals surface area contributed by atoms with Crippen molar-refractivity contribution in [3.05, 3.63) is 30.3 Å². The summed E-state index contributed by atoms with van der Waals surface area (Å²) in [5.74, 6) is 3.17. The van der Waals surface area contributed by atoms with Gasteiger partial charge in [0.1, 0.15) is 0 Å². The lowest BCUT2D eigenvalue weighted by Gasteiger charge is -2.21. The number of hydrogen-bond donors (Lipinski definition) is 1. The van der Waals surface area contributed by atoms with E-state index in [0.29, 0.717) is 0 Å². The van der Waals surface area contributed by atoms with E-state index in [2.05, 4.69) is 23.5 Å². The molecule has 1 N–H and O–H groups in total. The normalized spacial score (nSPS) is 31.9. The minimum Gasteiger partial charge on any atom is -0.385 e. The van der Waals surface area contributed by atoms with E-state index in [1.54, 1.807) is 0 Å². The van der Waals surface area contributed by atoms with Crippen molar-refractivity contribution >= 4 is 5.69 Å². The molecule has 1 aromatic rings. The van der Waals surface area contributed by atoms with Gasteiger partial charge in [-0.05, 0) is 61.6 Å². The Morgan fingerprint density at radius 3 is 2.75 bits per heavy atom. The fraction of sp³-hybridized carbons (Fsp3) is 0.600. The quantitative estimate of drug-likeness (QED) is 0.805. The molecule has 3 rings (SSSR count). The first kappa shape index (κ1) is 10.2. The van der Waals surface area contributed by atoms with E-state index in [0.717, 1.165) is 24.3 Å². The number of benzene rings is 1. The average molecular weight is 214 g/mol. The maximum Gasteiger partial charge on any atom is 0.0340 e. The molecule has 0 saturated heterocycles. The van der Waals surface area contributed by atoms with Crippen molar-refractivity contribution in [2.24, 2.45) is 17.8 Å². The lowest BCUT2D eigenvalue weighted by atomic mass is 9.86. The van der Waals surface area contributed by atoms with Crippen LogP contribution in [0.5, 0.6) is 0 Å². The topological polar surface area (TPSA) is 12.0 Å². The first-order valence-corrected chi connectivity index (χ1v) is 6.62. The summed E-state index contributed by atoms with van der Waals surface area (Å²) in [6.45, 7) is 1.14. The molecule has 0 spiro atoms. The van der Waals surface area contributed by atoms with Crippen molar-refractivity contribution in [2.45, 2.75) is 32.1 Å². The highest BCUT2D eigenvalue weighted by atomic mass is 14.9. The average Bonchev–Trinajstić information content (AvgIpc) is 2.92. The number of rotatable bonds is 4. The summed E-state index contributed by atoms with van der Waals surface area (Å²) >= 11 is 0. The molecule has 2 bridgehead atoms. The molecule has 2 fully saturated rings. The van der Waals surface area contributed by atoms with Crippen molar-refractivity contribution < 1.29 is 0 Å². The van der Waals surface area contributed by atoms with Crippen molar-refractivity contribution in [1.29, 1.82) is 0 Å². The Labute approximate surface area is 98.3 Å². The van der Waals surface area contributed by atoms with Gasteiger partial charge in [0.2, 0.25) is 0 Å². The predicted octanol–water partition coefficient (Wildman–Crippen LogP) is 3.72. The van der Waals surface area contributed by atoms with E-state index in [1.807, 2.05) is 12.1 Å². The van der Waals surface area contributed by atoms with Gasteiger partial charge in [-0.2, -0.15) is 0 Å². The fourth-order valence-electron chi connectivity index (χ4n) is 3.64. The third-order valence-electron chi connectivity index (χ3n) is 4.45.